The molecule has 2 aliphatic carbocycles. The molecule has 13 heavy (non-hydrogen) atoms. The van der Waals surface area contributed by atoms with Gasteiger partial charge in [-0.1, -0.05) is 18.6 Å². The lowest BCUT2D eigenvalue weighted by Crippen LogP contribution is -2.43. The van der Waals surface area contributed by atoms with Crippen LogP contribution in [0, 0.1) is 17.8 Å². The molecule has 2 rings (SSSR count). The third-order valence-electron chi connectivity index (χ3n) is 3.93. The number of hydrogen-bond donors (Lipinski definition) is 2. The van der Waals surface area contributed by atoms with Crippen molar-refractivity contribution in [3.8, 4) is 0 Å². The Hall–Kier alpha value is -0.340. The zero-order chi connectivity index (χ0) is 9.42. The Morgan fingerprint density at radius 2 is 2.23 bits per heavy atom. The Bertz CT molecular complexity index is 212. The van der Waals surface area contributed by atoms with Gasteiger partial charge in [-0.25, -0.2) is 0 Å². The van der Waals surface area contributed by atoms with E-state index in [1.807, 2.05) is 0 Å². The average Bonchev–Trinajstić information content (AvgIpc) is 2.65. The molecule has 2 bridgehead atoms. The summed E-state index contributed by atoms with van der Waals surface area (Å²) in [6.45, 7) is 6.09. The van der Waals surface area contributed by atoms with Gasteiger partial charge in [0.05, 0.1) is 0 Å². The Balaban J connectivity index is 2.04. The number of nitrogens with two attached hydrogens (primary N) is 1. The first-order valence-electron chi connectivity index (χ1n) is 5.34. The molecule has 0 aromatic heterocycles. The number of nitrogens with one attached hydrogen (secondary N) is 1. The second kappa shape index (κ2) is 3.43. The predicted octanol–water partition coefficient (Wildman–Crippen LogP) is 1.83. The van der Waals surface area contributed by atoms with Gasteiger partial charge in [-0.15, -0.1) is 0 Å². The van der Waals surface area contributed by atoms with Crippen LogP contribution in [0.3, 0.4) is 0 Å². The molecule has 0 spiro atoms. The van der Waals surface area contributed by atoms with Crippen molar-refractivity contribution in [2.24, 2.45) is 23.6 Å². The van der Waals surface area contributed by atoms with Crippen LogP contribution < -0.4 is 11.3 Å². The van der Waals surface area contributed by atoms with E-state index in [1.54, 1.807) is 0 Å². The summed E-state index contributed by atoms with van der Waals surface area (Å²) in [6.07, 6.45) is 5.68. The topological polar surface area (TPSA) is 38.0 Å². The predicted molar refractivity (Wildman–Crippen MR) is 54.9 cm³/mol. The molecule has 0 saturated heterocycles. The zero-order valence-electron chi connectivity index (χ0n) is 8.42. The maximum atomic E-state index is 5.57. The first-order valence-corrected chi connectivity index (χ1v) is 5.34. The fourth-order valence-corrected chi connectivity index (χ4v) is 3.33. The van der Waals surface area contributed by atoms with E-state index in [0.29, 0.717) is 6.04 Å². The minimum Gasteiger partial charge on any atom is -0.271 e. The molecule has 0 aromatic carbocycles. The Morgan fingerprint density at radius 1 is 1.46 bits per heavy atom. The van der Waals surface area contributed by atoms with Gasteiger partial charge >= 0.3 is 0 Å². The fraction of sp³-hybridized carbons (Fsp3) is 0.818. The van der Waals surface area contributed by atoms with E-state index in [2.05, 4.69) is 18.9 Å². The van der Waals surface area contributed by atoms with Crippen LogP contribution in [0.5, 0.6) is 0 Å². The molecule has 3 N–H and O–H groups in total. The van der Waals surface area contributed by atoms with Crippen molar-refractivity contribution >= 4 is 0 Å². The number of fused-ring (bicyclic) bond motifs is 2. The highest BCUT2D eigenvalue weighted by atomic mass is 15.2. The summed E-state index contributed by atoms with van der Waals surface area (Å²) in [7, 11) is 0. The van der Waals surface area contributed by atoms with E-state index in [1.165, 1.54) is 31.3 Å². The maximum Gasteiger partial charge on any atom is 0.0445 e. The van der Waals surface area contributed by atoms with Crippen LogP contribution >= 0.6 is 0 Å². The Kier molecular flexibility index (Phi) is 2.43. The summed E-state index contributed by atoms with van der Waals surface area (Å²) >= 11 is 0. The average molecular weight is 180 g/mol. The third kappa shape index (κ3) is 1.53. The molecule has 2 aliphatic rings. The van der Waals surface area contributed by atoms with E-state index >= 15 is 0 Å². The molecule has 0 amide bonds. The number of hydrazine groups is 1. The lowest BCUT2D eigenvalue weighted by atomic mass is 9.81. The molecule has 0 radical (unpaired) electrons. The molecule has 4 atom stereocenters. The van der Waals surface area contributed by atoms with Crippen molar-refractivity contribution < 1.29 is 0 Å². The highest BCUT2D eigenvalue weighted by Gasteiger charge is 2.42. The Morgan fingerprint density at radius 3 is 2.62 bits per heavy atom. The summed E-state index contributed by atoms with van der Waals surface area (Å²) in [5.41, 5.74) is 4.12. The van der Waals surface area contributed by atoms with Crippen molar-refractivity contribution in [2.45, 2.75) is 38.6 Å². The smallest absolute Gasteiger partial charge is 0.0445 e. The molecule has 0 heterocycles. The van der Waals surface area contributed by atoms with Gasteiger partial charge in [-0.2, -0.15) is 0 Å². The van der Waals surface area contributed by atoms with Crippen molar-refractivity contribution in [1.82, 2.24) is 5.43 Å². The van der Waals surface area contributed by atoms with E-state index in [0.717, 1.165) is 17.8 Å². The van der Waals surface area contributed by atoms with Crippen LogP contribution in [0.15, 0.2) is 12.2 Å². The molecule has 74 valence electrons. The minimum atomic E-state index is 0.357. The fourth-order valence-electron chi connectivity index (χ4n) is 3.33. The van der Waals surface area contributed by atoms with E-state index in [-0.39, 0.29) is 0 Å². The molecule has 2 saturated carbocycles. The van der Waals surface area contributed by atoms with Crippen molar-refractivity contribution in [3.63, 3.8) is 0 Å². The zero-order valence-corrected chi connectivity index (χ0v) is 8.42. The SMILES string of the molecule is C=C(C)C(NN)C1CC2CCC1C2. The van der Waals surface area contributed by atoms with Gasteiger partial charge < -0.3 is 0 Å². The van der Waals surface area contributed by atoms with E-state index in [4.69, 9.17) is 5.84 Å². The summed E-state index contributed by atoms with van der Waals surface area (Å²) in [5, 5.41) is 0. The van der Waals surface area contributed by atoms with Crippen LogP contribution in [0.4, 0.5) is 0 Å². The summed E-state index contributed by atoms with van der Waals surface area (Å²) < 4.78 is 0. The van der Waals surface area contributed by atoms with Crippen molar-refractivity contribution in [2.75, 3.05) is 0 Å². The normalized spacial score (nSPS) is 39.4. The van der Waals surface area contributed by atoms with Gasteiger partial charge in [0.2, 0.25) is 0 Å². The molecule has 2 nitrogen and oxygen atoms in total. The van der Waals surface area contributed by atoms with E-state index in [9.17, 15) is 0 Å². The highest BCUT2D eigenvalue weighted by Crippen LogP contribution is 2.50. The number of hydrogen-bond acceptors (Lipinski definition) is 2. The van der Waals surface area contributed by atoms with Gasteiger partial charge in [0.1, 0.15) is 0 Å². The molecular formula is C11H20N2. The quantitative estimate of drug-likeness (QED) is 0.395. The lowest BCUT2D eigenvalue weighted by Gasteiger charge is -2.30. The first kappa shape index (κ1) is 9.22. The van der Waals surface area contributed by atoms with Gasteiger partial charge in [0, 0.05) is 6.04 Å². The van der Waals surface area contributed by atoms with Crippen LogP contribution in [0.1, 0.15) is 32.6 Å². The lowest BCUT2D eigenvalue weighted by molar-refractivity contribution is 0.272. The van der Waals surface area contributed by atoms with Crippen molar-refractivity contribution in [3.05, 3.63) is 12.2 Å². The Labute approximate surface area is 80.5 Å². The van der Waals surface area contributed by atoms with Crippen LogP contribution in [-0.2, 0) is 0 Å². The van der Waals surface area contributed by atoms with Crippen LogP contribution in [0.2, 0.25) is 0 Å². The molecule has 4 unspecified atom stereocenters. The summed E-state index contributed by atoms with van der Waals surface area (Å²) in [6, 6.07) is 0.357. The summed E-state index contributed by atoms with van der Waals surface area (Å²) in [5.74, 6) is 8.25. The largest absolute Gasteiger partial charge is 0.271 e. The second-order valence-corrected chi connectivity index (χ2v) is 4.83. The summed E-state index contributed by atoms with van der Waals surface area (Å²) in [4.78, 5) is 0. The van der Waals surface area contributed by atoms with Gasteiger partial charge in [-0.3, -0.25) is 11.3 Å². The number of rotatable bonds is 3. The molecular weight excluding hydrogens is 160 g/mol. The molecule has 0 aliphatic heterocycles. The van der Waals surface area contributed by atoms with Gasteiger partial charge in [0.15, 0.2) is 0 Å². The minimum absolute atomic E-state index is 0.357. The molecule has 2 heteroatoms. The van der Waals surface area contributed by atoms with Crippen molar-refractivity contribution in [1.29, 1.82) is 0 Å². The second-order valence-electron chi connectivity index (χ2n) is 4.83. The maximum absolute atomic E-state index is 5.57. The van der Waals surface area contributed by atoms with E-state index < -0.39 is 0 Å². The third-order valence-corrected chi connectivity index (χ3v) is 3.93. The van der Waals surface area contributed by atoms with Gasteiger partial charge in [-0.05, 0) is 43.9 Å². The van der Waals surface area contributed by atoms with Crippen LogP contribution in [-0.4, -0.2) is 6.04 Å². The molecule has 0 aromatic rings. The monoisotopic (exact) mass is 180 g/mol. The van der Waals surface area contributed by atoms with Crippen LogP contribution in [0.25, 0.3) is 0 Å². The molecule has 2 fully saturated rings. The van der Waals surface area contributed by atoms with Gasteiger partial charge in [0.25, 0.3) is 0 Å². The highest BCUT2D eigenvalue weighted by molar-refractivity contribution is 5.08. The standard InChI is InChI=1S/C11H20N2/c1-7(2)11(13-12)10-6-8-3-4-9(10)5-8/h8-11,13H,1,3-6,12H2,2H3. The first-order chi connectivity index (χ1) is 6.22.